The van der Waals surface area contributed by atoms with Gasteiger partial charge in [0.1, 0.15) is 0 Å². The fraction of sp³-hybridized carbons (Fsp3) is 0.538. The summed E-state index contributed by atoms with van der Waals surface area (Å²) < 4.78 is 10.3. The summed E-state index contributed by atoms with van der Waals surface area (Å²) in [4.78, 5) is 0. The van der Waals surface area contributed by atoms with Gasteiger partial charge in [0, 0.05) is 13.7 Å². The number of aromatic hydroxyl groups is 1. The first-order chi connectivity index (χ1) is 8.27. The minimum Gasteiger partial charge on any atom is -0.504 e. The Morgan fingerprint density at radius 2 is 2.12 bits per heavy atom. The molecular weight excluding hydrogens is 218 g/mol. The van der Waals surface area contributed by atoms with Crippen LogP contribution in [0.1, 0.15) is 12.5 Å². The molecule has 0 bridgehead atoms. The van der Waals surface area contributed by atoms with E-state index in [1.807, 2.05) is 19.1 Å². The number of phenolic OH excluding ortho intramolecular Hbond substituents is 1. The van der Waals surface area contributed by atoms with Crippen molar-refractivity contribution >= 4 is 0 Å². The van der Waals surface area contributed by atoms with Gasteiger partial charge in [0.15, 0.2) is 11.5 Å². The van der Waals surface area contributed by atoms with Crippen LogP contribution in [-0.4, -0.2) is 38.5 Å². The molecule has 2 N–H and O–H groups in total. The maximum atomic E-state index is 9.55. The van der Waals surface area contributed by atoms with Crippen LogP contribution in [0.2, 0.25) is 0 Å². The Hall–Kier alpha value is -1.26. The first-order valence-electron chi connectivity index (χ1n) is 5.92. The zero-order valence-electron chi connectivity index (χ0n) is 10.5. The van der Waals surface area contributed by atoms with Crippen molar-refractivity contribution in [3.8, 4) is 11.5 Å². The van der Waals surface area contributed by atoms with Gasteiger partial charge in [-0.25, -0.2) is 0 Å². The molecule has 0 unspecified atom stereocenters. The number of phenols is 1. The summed E-state index contributed by atoms with van der Waals surface area (Å²) in [6, 6.07) is 5.47. The van der Waals surface area contributed by atoms with Crippen LogP contribution in [0, 0.1) is 0 Å². The second-order valence-corrected chi connectivity index (χ2v) is 3.73. The number of methoxy groups -OCH3 is 1. The topological polar surface area (TPSA) is 50.7 Å². The normalized spacial score (nSPS) is 10.5. The summed E-state index contributed by atoms with van der Waals surface area (Å²) in [7, 11) is 1.69. The number of rotatable bonds is 8. The number of benzene rings is 1. The van der Waals surface area contributed by atoms with Crippen LogP contribution in [-0.2, 0) is 11.2 Å². The Morgan fingerprint density at radius 3 is 2.82 bits per heavy atom. The van der Waals surface area contributed by atoms with Crippen LogP contribution >= 0.6 is 0 Å². The minimum absolute atomic E-state index is 0.197. The molecule has 96 valence electrons. The Labute approximate surface area is 103 Å². The van der Waals surface area contributed by atoms with Crippen LogP contribution in [0.4, 0.5) is 0 Å². The predicted molar refractivity (Wildman–Crippen MR) is 67.7 cm³/mol. The molecule has 1 rings (SSSR count). The number of hydrogen-bond acceptors (Lipinski definition) is 4. The molecule has 0 aliphatic heterocycles. The summed E-state index contributed by atoms with van der Waals surface area (Å²) in [5.74, 6) is 0.754. The highest BCUT2D eigenvalue weighted by molar-refractivity contribution is 5.41. The van der Waals surface area contributed by atoms with Crippen LogP contribution in [0.25, 0.3) is 0 Å². The van der Waals surface area contributed by atoms with Gasteiger partial charge in [-0.1, -0.05) is 6.07 Å². The monoisotopic (exact) mass is 239 g/mol. The van der Waals surface area contributed by atoms with E-state index >= 15 is 0 Å². The highest BCUT2D eigenvalue weighted by atomic mass is 16.5. The molecule has 0 amide bonds. The van der Waals surface area contributed by atoms with Gasteiger partial charge < -0.3 is 19.9 Å². The molecule has 0 radical (unpaired) electrons. The van der Waals surface area contributed by atoms with Crippen molar-refractivity contribution in [2.24, 2.45) is 0 Å². The smallest absolute Gasteiger partial charge is 0.161 e. The minimum atomic E-state index is 0.197. The van der Waals surface area contributed by atoms with E-state index in [0.717, 1.165) is 31.7 Å². The Bertz CT molecular complexity index is 328. The molecule has 4 nitrogen and oxygen atoms in total. The number of nitrogens with one attached hydrogen (secondary N) is 1. The second kappa shape index (κ2) is 7.92. The van der Waals surface area contributed by atoms with Crippen molar-refractivity contribution < 1.29 is 14.6 Å². The molecule has 17 heavy (non-hydrogen) atoms. The summed E-state index contributed by atoms with van der Waals surface area (Å²) in [5, 5.41) is 12.8. The van der Waals surface area contributed by atoms with E-state index in [-0.39, 0.29) is 5.75 Å². The van der Waals surface area contributed by atoms with Crippen LogP contribution in [0.15, 0.2) is 18.2 Å². The molecule has 0 fully saturated rings. The largest absolute Gasteiger partial charge is 0.504 e. The summed E-state index contributed by atoms with van der Waals surface area (Å²) >= 11 is 0. The first-order valence-corrected chi connectivity index (χ1v) is 5.92. The van der Waals surface area contributed by atoms with E-state index < -0.39 is 0 Å². The molecule has 0 aliphatic rings. The highest BCUT2D eigenvalue weighted by Crippen LogP contribution is 2.26. The van der Waals surface area contributed by atoms with Gasteiger partial charge >= 0.3 is 0 Å². The third kappa shape index (κ3) is 5.06. The fourth-order valence-corrected chi connectivity index (χ4v) is 1.52. The third-order valence-electron chi connectivity index (χ3n) is 2.40. The zero-order chi connectivity index (χ0) is 12.5. The molecule has 0 aromatic heterocycles. The first kappa shape index (κ1) is 13.8. The van der Waals surface area contributed by atoms with E-state index in [9.17, 15) is 5.11 Å². The molecule has 0 heterocycles. The molecule has 0 spiro atoms. The average Bonchev–Trinajstić information content (AvgIpc) is 2.33. The third-order valence-corrected chi connectivity index (χ3v) is 2.40. The van der Waals surface area contributed by atoms with Crippen LogP contribution in [0.5, 0.6) is 11.5 Å². The van der Waals surface area contributed by atoms with Gasteiger partial charge in [-0.15, -0.1) is 0 Å². The highest BCUT2D eigenvalue weighted by Gasteiger charge is 2.03. The van der Waals surface area contributed by atoms with Crippen LogP contribution in [0.3, 0.4) is 0 Å². The summed E-state index contributed by atoms with van der Waals surface area (Å²) in [6.07, 6.45) is 0.907. The Morgan fingerprint density at radius 1 is 1.29 bits per heavy atom. The van der Waals surface area contributed by atoms with Gasteiger partial charge in [0.05, 0.1) is 13.2 Å². The van der Waals surface area contributed by atoms with Gasteiger partial charge in [-0.2, -0.15) is 0 Å². The average molecular weight is 239 g/mol. The van der Waals surface area contributed by atoms with Gasteiger partial charge in [-0.3, -0.25) is 0 Å². The molecule has 0 atom stereocenters. The lowest BCUT2D eigenvalue weighted by Gasteiger charge is -2.09. The maximum Gasteiger partial charge on any atom is 0.161 e. The van der Waals surface area contributed by atoms with Crippen molar-refractivity contribution in [2.45, 2.75) is 13.3 Å². The molecule has 0 aliphatic carbocycles. The number of ether oxygens (including phenoxy) is 2. The van der Waals surface area contributed by atoms with E-state index in [1.54, 1.807) is 13.2 Å². The lowest BCUT2D eigenvalue weighted by molar-refractivity contribution is 0.199. The Balaban J connectivity index is 2.40. The van der Waals surface area contributed by atoms with Crippen molar-refractivity contribution in [3.05, 3.63) is 23.8 Å². The Kier molecular flexibility index (Phi) is 6.43. The van der Waals surface area contributed by atoms with E-state index in [0.29, 0.717) is 12.4 Å². The fourth-order valence-electron chi connectivity index (χ4n) is 1.52. The van der Waals surface area contributed by atoms with E-state index in [2.05, 4.69) is 5.32 Å². The summed E-state index contributed by atoms with van der Waals surface area (Å²) in [6.45, 7) is 4.92. The molecular formula is C13H21NO3. The molecule has 4 heteroatoms. The van der Waals surface area contributed by atoms with E-state index in [1.165, 1.54) is 0 Å². The quantitative estimate of drug-likeness (QED) is 0.676. The lowest BCUT2D eigenvalue weighted by Crippen LogP contribution is -2.21. The molecule has 0 saturated heterocycles. The van der Waals surface area contributed by atoms with Crippen molar-refractivity contribution in [2.75, 3.05) is 33.4 Å². The van der Waals surface area contributed by atoms with Gasteiger partial charge in [-0.05, 0) is 37.6 Å². The molecule has 1 aromatic rings. The SMILES string of the molecule is CCOc1cc(CCNCCOC)ccc1O. The van der Waals surface area contributed by atoms with Crippen molar-refractivity contribution in [1.29, 1.82) is 0 Å². The second-order valence-electron chi connectivity index (χ2n) is 3.73. The summed E-state index contributed by atoms with van der Waals surface area (Å²) in [5.41, 5.74) is 1.15. The maximum absolute atomic E-state index is 9.55. The van der Waals surface area contributed by atoms with Gasteiger partial charge in [0.25, 0.3) is 0 Å². The lowest BCUT2D eigenvalue weighted by atomic mass is 10.1. The van der Waals surface area contributed by atoms with Crippen molar-refractivity contribution in [1.82, 2.24) is 5.32 Å². The zero-order valence-corrected chi connectivity index (χ0v) is 10.5. The van der Waals surface area contributed by atoms with Crippen LogP contribution < -0.4 is 10.1 Å². The molecule has 1 aromatic carbocycles. The van der Waals surface area contributed by atoms with E-state index in [4.69, 9.17) is 9.47 Å². The predicted octanol–water partition coefficient (Wildman–Crippen LogP) is 1.57. The number of hydrogen-bond donors (Lipinski definition) is 2. The van der Waals surface area contributed by atoms with Gasteiger partial charge in [0.2, 0.25) is 0 Å². The standard InChI is InChI=1S/C13H21NO3/c1-3-17-13-10-11(4-5-12(13)15)6-7-14-8-9-16-2/h4-5,10,14-15H,3,6-9H2,1-2H3. The molecule has 0 saturated carbocycles. The van der Waals surface area contributed by atoms with Crippen molar-refractivity contribution in [3.63, 3.8) is 0 Å².